The third-order valence-corrected chi connectivity index (χ3v) is 5.06. The highest BCUT2D eigenvalue weighted by molar-refractivity contribution is 9.10. The first-order valence-corrected chi connectivity index (χ1v) is 10.1. The summed E-state index contributed by atoms with van der Waals surface area (Å²) in [5.41, 5.74) is 1.63. The number of hydrogen-bond donors (Lipinski definition) is 3. The lowest BCUT2D eigenvalue weighted by Gasteiger charge is -2.26. The van der Waals surface area contributed by atoms with Gasteiger partial charge >= 0.3 is 6.03 Å². The summed E-state index contributed by atoms with van der Waals surface area (Å²) in [7, 11) is -3.32. The summed E-state index contributed by atoms with van der Waals surface area (Å²) >= 11 is 3.45. The summed E-state index contributed by atoms with van der Waals surface area (Å²) in [6.07, 6.45) is 2.90. The molecule has 6 nitrogen and oxygen atoms in total. The first kappa shape index (κ1) is 18.2. The molecule has 1 atom stereocenters. The second kappa shape index (κ2) is 6.78. The zero-order chi connectivity index (χ0) is 17.3. The maximum absolute atomic E-state index is 12.1. The molecule has 0 saturated heterocycles. The molecule has 1 aromatic carbocycles. The highest BCUT2D eigenvalue weighted by atomic mass is 79.9. The highest BCUT2D eigenvalue weighted by Gasteiger charge is 2.26. The third-order valence-electron chi connectivity index (χ3n) is 3.64. The smallest absolute Gasteiger partial charge is 0.315 e. The molecule has 0 fully saturated rings. The Labute approximate surface area is 145 Å². The average molecular weight is 404 g/mol. The lowest BCUT2D eigenvalue weighted by molar-refractivity contribution is 0.234. The number of benzene rings is 1. The topological polar surface area (TPSA) is 87.3 Å². The van der Waals surface area contributed by atoms with Crippen molar-refractivity contribution < 1.29 is 13.2 Å². The third kappa shape index (κ3) is 5.47. The van der Waals surface area contributed by atoms with E-state index in [1.165, 1.54) is 5.56 Å². The van der Waals surface area contributed by atoms with Gasteiger partial charge in [0.2, 0.25) is 10.0 Å². The maximum Gasteiger partial charge on any atom is 0.315 e. The van der Waals surface area contributed by atoms with Crippen molar-refractivity contribution in [2.45, 2.75) is 38.3 Å². The van der Waals surface area contributed by atoms with E-state index >= 15 is 0 Å². The monoisotopic (exact) mass is 403 g/mol. The molecular formula is C15H22BrN3O3S. The van der Waals surface area contributed by atoms with Gasteiger partial charge in [-0.05, 0) is 49.9 Å². The molecule has 0 aliphatic heterocycles. The van der Waals surface area contributed by atoms with E-state index in [-0.39, 0.29) is 18.6 Å². The first-order chi connectivity index (χ1) is 10.6. The van der Waals surface area contributed by atoms with Crippen molar-refractivity contribution in [1.29, 1.82) is 0 Å². The summed E-state index contributed by atoms with van der Waals surface area (Å²) in [5, 5.41) is 5.68. The minimum absolute atomic E-state index is 0.0101. The largest absolute Gasteiger partial charge is 0.336 e. The van der Waals surface area contributed by atoms with E-state index in [9.17, 15) is 13.2 Å². The van der Waals surface area contributed by atoms with Crippen molar-refractivity contribution >= 4 is 32.0 Å². The van der Waals surface area contributed by atoms with Crippen LogP contribution in [0, 0.1) is 0 Å². The number of aryl methyl sites for hydroxylation is 1. The van der Waals surface area contributed by atoms with Crippen molar-refractivity contribution in [2.24, 2.45) is 0 Å². The minimum Gasteiger partial charge on any atom is -0.336 e. The summed E-state index contributed by atoms with van der Waals surface area (Å²) in [5.74, 6) is 0. The van der Waals surface area contributed by atoms with Gasteiger partial charge in [-0.1, -0.05) is 22.0 Å². The van der Waals surface area contributed by atoms with Crippen LogP contribution in [0.5, 0.6) is 0 Å². The van der Waals surface area contributed by atoms with Crippen LogP contribution in [0.4, 0.5) is 4.79 Å². The fourth-order valence-electron chi connectivity index (χ4n) is 2.78. The average Bonchev–Trinajstić information content (AvgIpc) is 2.76. The van der Waals surface area contributed by atoms with Crippen LogP contribution in [0.25, 0.3) is 0 Å². The van der Waals surface area contributed by atoms with Crippen LogP contribution < -0.4 is 15.4 Å². The fourth-order valence-corrected chi connectivity index (χ4v) is 4.27. The summed E-state index contributed by atoms with van der Waals surface area (Å²) in [6, 6.07) is 5.76. The van der Waals surface area contributed by atoms with Crippen LogP contribution >= 0.6 is 15.9 Å². The molecule has 1 aromatic rings. The second-order valence-electron chi connectivity index (χ2n) is 6.52. The van der Waals surface area contributed by atoms with E-state index in [0.717, 1.165) is 29.1 Å². The van der Waals surface area contributed by atoms with Crippen LogP contribution in [0.1, 0.15) is 37.4 Å². The molecule has 8 heteroatoms. The molecular weight excluding hydrogens is 382 g/mol. The number of hydrogen-bond acceptors (Lipinski definition) is 3. The second-order valence-corrected chi connectivity index (χ2v) is 9.18. The molecule has 23 heavy (non-hydrogen) atoms. The van der Waals surface area contributed by atoms with Gasteiger partial charge in [0.25, 0.3) is 0 Å². The highest BCUT2D eigenvalue weighted by Crippen LogP contribution is 2.32. The van der Waals surface area contributed by atoms with Crippen LogP contribution in [0.15, 0.2) is 22.7 Å². The standard InChI is InChI=1S/C15H22BrN3O3S/c1-15(2,19-23(3,21)22)9-17-14(20)18-13-7-4-10-8-11(16)5-6-12(10)13/h5-6,8,13,19H,4,7,9H2,1-3H3,(H2,17,18,20). The van der Waals surface area contributed by atoms with Crippen LogP contribution in [0.3, 0.4) is 0 Å². The van der Waals surface area contributed by atoms with Gasteiger partial charge in [-0.3, -0.25) is 0 Å². The van der Waals surface area contributed by atoms with Crippen molar-refractivity contribution in [1.82, 2.24) is 15.4 Å². The molecule has 2 amide bonds. The molecule has 0 aromatic heterocycles. The summed E-state index contributed by atoms with van der Waals surface area (Å²) in [4.78, 5) is 12.1. The Bertz CT molecular complexity index is 704. The SMILES string of the molecule is CC(C)(CNC(=O)NC1CCc2cc(Br)ccc21)NS(C)(=O)=O. The fraction of sp³-hybridized carbons (Fsp3) is 0.533. The number of fused-ring (bicyclic) bond motifs is 1. The van der Waals surface area contributed by atoms with Crippen LogP contribution in [-0.2, 0) is 16.4 Å². The number of amides is 2. The van der Waals surface area contributed by atoms with Crippen molar-refractivity contribution in [3.63, 3.8) is 0 Å². The first-order valence-electron chi connectivity index (χ1n) is 7.37. The Kier molecular flexibility index (Phi) is 5.37. The predicted molar refractivity (Wildman–Crippen MR) is 93.8 cm³/mol. The Balaban J connectivity index is 1.90. The number of nitrogens with one attached hydrogen (secondary N) is 3. The van der Waals surface area contributed by atoms with Gasteiger partial charge in [0, 0.05) is 16.6 Å². The molecule has 3 N–H and O–H groups in total. The molecule has 0 radical (unpaired) electrons. The van der Waals surface area contributed by atoms with Gasteiger partial charge in [-0.2, -0.15) is 0 Å². The number of rotatable bonds is 5. The van der Waals surface area contributed by atoms with Gasteiger partial charge in [0.05, 0.1) is 12.3 Å². The Morgan fingerprint density at radius 2 is 2.09 bits per heavy atom. The van der Waals surface area contributed by atoms with Crippen LogP contribution in [0.2, 0.25) is 0 Å². The molecule has 1 unspecified atom stereocenters. The van der Waals surface area contributed by atoms with Gasteiger partial charge in [0.1, 0.15) is 0 Å². The number of carbonyl (C=O) groups is 1. The Morgan fingerprint density at radius 3 is 2.74 bits per heavy atom. The number of halogens is 1. The Hall–Kier alpha value is -1.12. The molecule has 2 rings (SSSR count). The molecule has 1 aliphatic rings. The number of sulfonamides is 1. The number of urea groups is 1. The lowest BCUT2D eigenvalue weighted by atomic mass is 10.1. The van der Waals surface area contributed by atoms with Gasteiger partial charge < -0.3 is 10.6 Å². The van der Waals surface area contributed by atoms with E-state index in [1.807, 2.05) is 12.1 Å². The maximum atomic E-state index is 12.1. The molecule has 0 bridgehead atoms. The van der Waals surface area contributed by atoms with E-state index < -0.39 is 15.6 Å². The molecule has 1 aliphatic carbocycles. The van der Waals surface area contributed by atoms with E-state index in [4.69, 9.17) is 0 Å². The normalized spacial score (nSPS) is 17.7. The van der Waals surface area contributed by atoms with Crippen molar-refractivity contribution in [3.8, 4) is 0 Å². The minimum atomic E-state index is -3.32. The molecule has 0 spiro atoms. The van der Waals surface area contributed by atoms with Gasteiger partial charge in [0.15, 0.2) is 0 Å². The predicted octanol–water partition coefficient (Wildman–Crippen LogP) is 2.06. The molecule has 0 saturated carbocycles. The van der Waals surface area contributed by atoms with Crippen molar-refractivity contribution in [3.05, 3.63) is 33.8 Å². The molecule has 0 heterocycles. The van der Waals surface area contributed by atoms with Crippen LogP contribution in [-0.4, -0.2) is 32.8 Å². The van der Waals surface area contributed by atoms with Gasteiger partial charge in [-0.25, -0.2) is 17.9 Å². The zero-order valence-corrected chi connectivity index (χ0v) is 15.8. The zero-order valence-electron chi connectivity index (χ0n) is 13.4. The quantitative estimate of drug-likeness (QED) is 0.702. The van der Waals surface area contributed by atoms with Crippen molar-refractivity contribution in [2.75, 3.05) is 12.8 Å². The van der Waals surface area contributed by atoms with E-state index in [0.29, 0.717) is 0 Å². The number of carbonyl (C=O) groups excluding carboxylic acids is 1. The van der Waals surface area contributed by atoms with Gasteiger partial charge in [-0.15, -0.1) is 0 Å². The molecule has 128 valence electrons. The summed E-state index contributed by atoms with van der Waals surface area (Å²) in [6.45, 7) is 3.64. The van der Waals surface area contributed by atoms with E-state index in [2.05, 4.69) is 37.4 Å². The Morgan fingerprint density at radius 1 is 1.39 bits per heavy atom. The lowest BCUT2D eigenvalue weighted by Crippen LogP contribution is -2.52. The summed E-state index contributed by atoms with van der Waals surface area (Å²) < 4.78 is 26.1. The van der Waals surface area contributed by atoms with E-state index in [1.54, 1.807) is 13.8 Å².